The van der Waals surface area contributed by atoms with Gasteiger partial charge in [-0.3, -0.25) is 14.5 Å². The van der Waals surface area contributed by atoms with Crippen molar-refractivity contribution in [1.82, 2.24) is 10.3 Å². The highest BCUT2D eigenvalue weighted by Gasteiger charge is 2.31. The van der Waals surface area contributed by atoms with E-state index in [1.807, 2.05) is 6.92 Å². The second kappa shape index (κ2) is 11.1. The number of rotatable bonds is 6. The normalized spacial score (nSPS) is 11.2. The van der Waals surface area contributed by atoms with E-state index >= 15 is 0 Å². The van der Waals surface area contributed by atoms with Gasteiger partial charge in [-0.15, -0.1) is 0 Å². The number of benzene rings is 3. The molecule has 4 amide bonds. The second-order valence-electron chi connectivity index (χ2n) is 8.59. The topological polar surface area (TPSA) is 103 Å². The van der Waals surface area contributed by atoms with Crippen LogP contribution >= 0.6 is 11.3 Å². The fourth-order valence-corrected chi connectivity index (χ4v) is 4.59. The number of carbonyl (C=O) groups excluding carboxylic acids is 3. The molecule has 1 aromatic heterocycles. The minimum Gasteiger partial charge on any atom is -0.338 e. The van der Waals surface area contributed by atoms with Gasteiger partial charge in [-0.2, -0.15) is 13.2 Å². The third-order valence-electron chi connectivity index (χ3n) is 5.75. The van der Waals surface area contributed by atoms with Crippen molar-refractivity contribution in [2.45, 2.75) is 20.0 Å². The smallest absolute Gasteiger partial charge is 0.338 e. The van der Waals surface area contributed by atoms with Gasteiger partial charge in [0.1, 0.15) is 0 Å². The molecule has 0 unspecified atom stereocenters. The van der Waals surface area contributed by atoms with Crippen molar-refractivity contribution in [3.8, 4) is 0 Å². The fourth-order valence-electron chi connectivity index (χ4n) is 3.62. The maximum Gasteiger partial charge on any atom is 0.416 e. The molecular weight excluding hydrogens is 531 g/mol. The first-order valence-electron chi connectivity index (χ1n) is 11.8. The maximum absolute atomic E-state index is 13.0. The Morgan fingerprint density at radius 2 is 1.67 bits per heavy atom. The van der Waals surface area contributed by atoms with E-state index in [4.69, 9.17) is 0 Å². The zero-order valence-corrected chi connectivity index (χ0v) is 22.0. The number of hydrogen-bond donors (Lipinski definition) is 3. The van der Waals surface area contributed by atoms with E-state index in [0.717, 1.165) is 12.1 Å². The van der Waals surface area contributed by atoms with Crippen molar-refractivity contribution < 1.29 is 27.6 Å². The van der Waals surface area contributed by atoms with Crippen molar-refractivity contribution in [2.24, 2.45) is 0 Å². The SMILES string of the molecule is CCNC(=O)N(C)c1nc2ccc(C(=O)Nc3cc(NC(=O)c4cccc(C(F)(F)F)c4)ccc3C)cc2s1. The Labute approximate surface area is 225 Å². The third kappa shape index (κ3) is 6.34. The lowest BCUT2D eigenvalue weighted by Gasteiger charge is -2.13. The molecule has 202 valence electrons. The first-order valence-corrected chi connectivity index (χ1v) is 12.6. The molecule has 39 heavy (non-hydrogen) atoms. The van der Waals surface area contributed by atoms with Crippen molar-refractivity contribution in [3.05, 3.63) is 82.9 Å². The van der Waals surface area contributed by atoms with E-state index in [1.54, 1.807) is 44.3 Å². The molecular formula is C27H24F3N5O3S. The van der Waals surface area contributed by atoms with Gasteiger partial charge in [0.05, 0.1) is 15.8 Å². The van der Waals surface area contributed by atoms with E-state index in [1.165, 1.54) is 34.4 Å². The minimum atomic E-state index is -4.57. The van der Waals surface area contributed by atoms with Crippen LogP contribution in [0.2, 0.25) is 0 Å². The molecule has 0 bridgehead atoms. The predicted molar refractivity (Wildman–Crippen MR) is 146 cm³/mol. The number of halogens is 3. The number of aryl methyl sites for hydroxylation is 1. The van der Waals surface area contributed by atoms with Crippen LogP contribution < -0.4 is 20.9 Å². The van der Waals surface area contributed by atoms with Crippen molar-refractivity contribution in [3.63, 3.8) is 0 Å². The first-order chi connectivity index (χ1) is 18.5. The fraction of sp³-hybridized carbons (Fsp3) is 0.185. The van der Waals surface area contributed by atoms with E-state index in [2.05, 4.69) is 20.9 Å². The quantitative estimate of drug-likeness (QED) is 0.260. The summed E-state index contributed by atoms with van der Waals surface area (Å²) >= 11 is 1.27. The molecule has 0 atom stereocenters. The van der Waals surface area contributed by atoms with Gasteiger partial charge in [0.15, 0.2) is 5.13 Å². The molecule has 1 heterocycles. The number of alkyl halides is 3. The summed E-state index contributed by atoms with van der Waals surface area (Å²) in [5.41, 5.74) is 1.36. The van der Waals surface area contributed by atoms with Crippen LogP contribution in [0.3, 0.4) is 0 Å². The number of nitrogens with one attached hydrogen (secondary N) is 3. The molecule has 0 aliphatic rings. The molecule has 0 aliphatic heterocycles. The lowest BCUT2D eigenvalue weighted by molar-refractivity contribution is -0.137. The highest BCUT2D eigenvalue weighted by molar-refractivity contribution is 7.22. The van der Waals surface area contributed by atoms with Gasteiger partial charge in [-0.05, 0) is 67.9 Å². The van der Waals surface area contributed by atoms with Gasteiger partial charge in [-0.25, -0.2) is 9.78 Å². The monoisotopic (exact) mass is 555 g/mol. The van der Waals surface area contributed by atoms with E-state index in [-0.39, 0.29) is 11.6 Å². The molecule has 0 saturated carbocycles. The molecule has 4 aromatic rings. The highest BCUT2D eigenvalue weighted by atomic mass is 32.1. The lowest BCUT2D eigenvalue weighted by Crippen LogP contribution is -2.36. The predicted octanol–water partition coefficient (Wildman–Crippen LogP) is 6.29. The first kappa shape index (κ1) is 27.6. The van der Waals surface area contributed by atoms with Crippen LogP contribution in [0.4, 0.5) is 34.5 Å². The molecule has 8 nitrogen and oxygen atoms in total. The van der Waals surface area contributed by atoms with Crippen LogP contribution in [0, 0.1) is 6.92 Å². The van der Waals surface area contributed by atoms with Crippen LogP contribution in [-0.2, 0) is 6.18 Å². The van der Waals surface area contributed by atoms with Crippen molar-refractivity contribution in [1.29, 1.82) is 0 Å². The van der Waals surface area contributed by atoms with Crippen molar-refractivity contribution >= 4 is 55.9 Å². The number of aromatic nitrogens is 1. The molecule has 0 spiro atoms. The van der Waals surface area contributed by atoms with Crippen LogP contribution in [0.5, 0.6) is 0 Å². The summed E-state index contributed by atoms with van der Waals surface area (Å²) in [7, 11) is 1.61. The zero-order valence-electron chi connectivity index (χ0n) is 21.1. The summed E-state index contributed by atoms with van der Waals surface area (Å²) in [6.07, 6.45) is -4.57. The Morgan fingerprint density at radius 1 is 0.949 bits per heavy atom. The Hall–Kier alpha value is -4.45. The summed E-state index contributed by atoms with van der Waals surface area (Å²) in [5, 5.41) is 8.56. The number of thiazole rings is 1. The Bertz CT molecular complexity index is 1570. The molecule has 12 heteroatoms. The summed E-state index contributed by atoms with van der Waals surface area (Å²) in [6, 6.07) is 13.6. The minimum absolute atomic E-state index is 0.147. The molecule has 3 aromatic carbocycles. The molecule has 0 fully saturated rings. The van der Waals surface area contributed by atoms with Gasteiger partial charge < -0.3 is 16.0 Å². The number of anilines is 3. The summed E-state index contributed by atoms with van der Waals surface area (Å²) in [5.74, 6) is -1.13. The van der Waals surface area contributed by atoms with E-state index < -0.39 is 23.6 Å². The van der Waals surface area contributed by atoms with Gasteiger partial charge in [-0.1, -0.05) is 23.5 Å². The van der Waals surface area contributed by atoms with Crippen LogP contribution in [0.1, 0.15) is 38.8 Å². The average Bonchev–Trinajstić information content (AvgIpc) is 3.33. The number of fused-ring (bicyclic) bond motifs is 1. The van der Waals surface area contributed by atoms with Crippen LogP contribution in [0.25, 0.3) is 10.2 Å². The Kier molecular flexibility index (Phi) is 7.86. The van der Waals surface area contributed by atoms with Gasteiger partial charge in [0, 0.05) is 36.1 Å². The summed E-state index contributed by atoms with van der Waals surface area (Å²) < 4.78 is 39.7. The number of nitrogens with zero attached hydrogens (tertiary/aromatic N) is 2. The standard InChI is InChI=1S/C27H24F3N5O3S/c1-4-31-25(38)35(3)26-34-20-11-9-17(13-22(20)39-26)24(37)33-21-14-19(10-8-15(21)2)32-23(36)16-6-5-7-18(12-16)27(28,29)30/h5-14H,4H2,1-3H3,(H,31,38)(H,32,36)(H,33,37). The van der Waals surface area contributed by atoms with Crippen LogP contribution in [0.15, 0.2) is 60.7 Å². The molecule has 4 rings (SSSR count). The molecule has 3 N–H and O–H groups in total. The maximum atomic E-state index is 13.0. The summed E-state index contributed by atoms with van der Waals surface area (Å²) in [6.45, 7) is 4.06. The number of urea groups is 1. The van der Waals surface area contributed by atoms with Gasteiger partial charge in [0.2, 0.25) is 0 Å². The van der Waals surface area contributed by atoms with E-state index in [9.17, 15) is 27.6 Å². The molecule has 0 saturated heterocycles. The zero-order chi connectivity index (χ0) is 28.3. The molecule has 0 aliphatic carbocycles. The summed E-state index contributed by atoms with van der Waals surface area (Å²) in [4.78, 5) is 43.6. The lowest BCUT2D eigenvalue weighted by atomic mass is 10.1. The second-order valence-corrected chi connectivity index (χ2v) is 9.60. The van der Waals surface area contributed by atoms with E-state index in [0.29, 0.717) is 44.4 Å². The average molecular weight is 556 g/mol. The Balaban J connectivity index is 1.50. The molecule has 0 radical (unpaired) electrons. The highest BCUT2D eigenvalue weighted by Crippen LogP contribution is 2.31. The van der Waals surface area contributed by atoms with Crippen molar-refractivity contribution in [2.75, 3.05) is 29.1 Å². The largest absolute Gasteiger partial charge is 0.416 e. The third-order valence-corrected chi connectivity index (χ3v) is 6.85. The Morgan fingerprint density at radius 3 is 2.38 bits per heavy atom. The number of amides is 4. The van der Waals surface area contributed by atoms with Gasteiger partial charge in [0.25, 0.3) is 11.8 Å². The number of hydrogen-bond acceptors (Lipinski definition) is 5. The number of carbonyl (C=O) groups is 3. The van der Waals surface area contributed by atoms with Crippen LogP contribution in [-0.4, -0.2) is 36.4 Å². The van der Waals surface area contributed by atoms with Gasteiger partial charge >= 0.3 is 12.2 Å².